The van der Waals surface area contributed by atoms with Crippen LogP contribution in [0.25, 0.3) is 0 Å². The van der Waals surface area contributed by atoms with Crippen molar-refractivity contribution in [3.05, 3.63) is 59.7 Å². The van der Waals surface area contributed by atoms with Crippen LogP contribution in [0.3, 0.4) is 0 Å². The third-order valence-electron chi connectivity index (χ3n) is 6.36. The van der Waals surface area contributed by atoms with Gasteiger partial charge in [-0.05, 0) is 44.0 Å². The predicted octanol–water partition coefficient (Wildman–Crippen LogP) is 5.57. The molecule has 2 aliphatic heterocycles. The highest BCUT2D eigenvalue weighted by Gasteiger charge is 2.43. The van der Waals surface area contributed by atoms with Crippen molar-refractivity contribution in [1.29, 1.82) is 0 Å². The summed E-state index contributed by atoms with van der Waals surface area (Å²) in [5, 5.41) is 0. The van der Waals surface area contributed by atoms with E-state index in [9.17, 15) is 0 Å². The number of hydrogen-bond donors (Lipinski definition) is 0. The highest BCUT2D eigenvalue weighted by atomic mass is 16.5. The zero-order valence-corrected chi connectivity index (χ0v) is 17.2. The summed E-state index contributed by atoms with van der Waals surface area (Å²) in [6.45, 7) is 7.18. The standard InChI is InChI=1S/C25H33NO2/c1-2-3-4-8-17-27-22-11-12-23-24(18-22)28-20-25(23)13-15-26(16-14-25)19-21-9-6-5-7-10-21/h5-7,9-12,18H,2-4,8,13-17,19-20H2,1H3. The van der Waals surface area contributed by atoms with Crippen LogP contribution in [0.4, 0.5) is 0 Å². The zero-order chi connectivity index (χ0) is 19.2. The van der Waals surface area contributed by atoms with E-state index >= 15 is 0 Å². The van der Waals surface area contributed by atoms with Crippen LogP contribution >= 0.6 is 0 Å². The van der Waals surface area contributed by atoms with E-state index in [1.54, 1.807) is 0 Å². The molecule has 0 bridgehead atoms. The van der Waals surface area contributed by atoms with E-state index in [-0.39, 0.29) is 5.41 Å². The molecule has 1 spiro atoms. The molecule has 2 aliphatic rings. The summed E-state index contributed by atoms with van der Waals surface area (Å²) < 4.78 is 12.1. The molecule has 2 aromatic rings. The maximum absolute atomic E-state index is 6.13. The average molecular weight is 380 g/mol. The summed E-state index contributed by atoms with van der Waals surface area (Å²) in [7, 11) is 0. The lowest BCUT2D eigenvalue weighted by Crippen LogP contribution is -2.43. The molecule has 0 amide bonds. The van der Waals surface area contributed by atoms with Crippen LogP contribution < -0.4 is 9.47 Å². The number of fused-ring (bicyclic) bond motifs is 2. The summed E-state index contributed by atoms with van der Waals surface area (Å²) in [6.07, 6.45) is 7.28. The fourth-order valence-electron chi connectivity index (χ4n) is 4.56. The Morgan fingerprint density at radius 3 is 2.61 bits per heavy atom. The number of hydrogen-bond acceptors (Lipinski definition) is 3. The predicted molar refractivity (Wildman–Crippen MR) is 114 cm³/mol. The first-order chi connectivity index (χ1) is 13.8. The number of benzene rings is 2. The van der Waals surface area contributed by atoms with Crippen LogP contribution in [0.2, 0.25) is 0 Å². The topological polar surface area (TPSA) is 21.7 Å². The van der Waals surface area contributed by atoms with Gasteiger partial charge in [-0.2, -0.15) is 0 Å². The Morgan fingerprint density at radius 2 is 1.82 bits per heavy atom. The van der Waals surface area contributed by atoms with Gasteiger partial charge in [-0.15, -0.1) is 0 Å². The van der Waals surface area contributed by atoms with E-state index in [0.717, 1.165) is 50.8 Å². The first-order valence-corrected chi connectivity index (χ1v) is 11.0. The van der Waals surface area contributed by atoms with Crippen molar-refractivity contribution in [3.8, 4) is 11.5 Å². The van der Waals surface area contributed by atoms with E-state index in [4.69, 9.17) is 9.47 Å². The number of rotatable bonds is 8. The fraction of sp³-hybridized carbons (Fsp3) is 0.520. The molecule has 1 saturated heterocycles. The molecule has 28 heavy (non-hydrogen) atoms. The molecule has 3 heteroatoms. The van der Waals surface area contributed by atoms with Gasteiger partial charge in [0.2, 0.25) is 0 Å². The summed E-state index contributed by atoms with van der Waals surface area (Å²) in [5.74, 6) is 2.00. The van der Waals surface area contributed by atoms with Crippen LogP contribution in [-0.4, -0.2) is 31.2 Å². The molecule has 2 heterocycles. The van der Waals surface area contributed by atoms with Crippen molar-refractivity contribution < 1.29 is 9.47 Å². The number of unbranched alkanes of at least 4 members (excludes halogenated alkanes) is 3. The van der Waals surface area contributed by atoms with Gasteiger partial charge >= 0.3 is 0 Å². The smallest absolute Gasteiger partial charge is 0.126 e. The SMILES string of the molecule is CCCCCCOc1ccc2c(c1)OCC21CCN(Cc2ccccc2)CC1. The molecule has 0 aliphatic carbocycles. The highest BCUT2D eigenvalue weighted by Crippen LogP contribution is 2.46. The van der Waals surface area contributed by atoms with Gasteiger partial charge in [0, 0.05) is 23.6 Å². The second-order valence-corrected chi connectivity index (χ2v) is 8.40. The van der Waals surface area contributed by atoms with E-state index in [1.807, 2.05) is 0 Å². The highest BCUT2D eigenvalue weighted by molar-refractivity contribution is 5.48. The second kappa shape index (κ2) is 9.00. The Bertz CT molecular complexity index is 750. The lowest BCUT2D eigenvalue weighted by atomic mass is 9.74. The van der Waals surface area contributed by atoms with Crippen molar-refractivity contribution in [3.63, 3.8) is 0 Å². The molecule has 2 aromatic carbocycles. The zero-order valence-electron chi connectivity index (χ0n) is 17.2. The molecule has 4 rings (SSSR count). The third-order valence-corrected chi connectivity index (χ3v) is 6.36. The number of nitrogens with zero attached hydrogens (tertiary/aromatic N) is 1. The Morgan fingerprint density at radius 1 is 1.00 bits per heavy atom. The maximum atomic E-state index is 6.13. The quantitative estimate of drug-likeness (QED) is 0.560. The van der Waals surface area contributed by atoms with Crippen molar-refractivity contribution in [1.82, 2.24) is 4.90 Å². The summed E-state index contributed by atoms with van der Waals surface area (Å²) in [4.78, 5) is 2.58. The second-order valence-electron chi connectivity index (χ2n) is 8.40. The van der Waals surface area contributed by atoms with Gasteiger partial charge in [0.25, 0.3) is 0 Å². The molecular formula is C25H33NO2. The maximum Gasteiger partial charge on any atom is 0.126 e. The molecule has 1 fully saturated rings. The van der Waals surface area contributed by atoms with E-state index in [1.165, 1.54) is 43.2 Å². The van der Waals surface area contributed by atoms with Gasteiger partial charge in [-0.25, -0.2) is 0 Å². The van der Waals surface area contributed by atoms with E-state index in [2.05, 4.69) is 60.4 Å². The summed E-state index contributed by atoms with van der Waals surface area (Å²) in [5.41, 5.74) is 3.00. The first-order valence-electron chi connectivity index (χ1n) is 11.0. The minimum Gasteiger partial charge on any atom is -0.493 e. The monoisotopic (exact) mass is 379 g/mol. The van der Waals surface area contributed by atoms with E-state index in [0.29, 0.717) is 0 Å². The van der Waals surface area contributed by atoms with Gasteiger partial charge in [0.05, 0.1) is 13.2 Å². The lowest BCUT2D eigenvalue weighted by Gasteiger charge is -2.38. The fourth-order valence-corrected chi connectivity index (χ4v) is 4.56. The Labute approximate surface area is 169 Å². The first kappa shape index (κ1) is 19.3. The Kier molecular flexibility index (Phi) is 6.21. The number of ether oxygens (including phenoxy) is 2. The van der Waals surface area contributed by atoms with Gasteiger partial charge in [0.1, 0.15) is 11.5 Å². The molecule has 0 unspecified atom stereocenters. The summed E-state index contributed by atoms with van der Waals surface area (Å²) >= 11 is 0. The van der Waals surface area contributed by atoms with Crippen LogP contribution in [0, 0.1) is 0 Å². The minimum atomic E-state index is 0.197. The molecule has 0 radical (unpaired) electrons. The number of piperidine rings is 1. The molecule has 150 valence electrons. The molecule has 3 nitrogen and oxygen atoms in total. The van der Waals surface area contributed by atoms with Crippen LogP contribution in [0.1, 0.15) is 56.6 Å². The molecule has 0 aromatic heterocycles. The van der Waals surface area contributed by atoms with Crippen LogP contribution in [0.5, 0.6) is 11.5 Å². The van der Waals surface area contributed by atoms with Crippen LogP contribution in [-0.2, 0) is 12.0 Å². The normalized spacial score (nSPS) is 18.0. The van der Waals surface area contributed by atoms with Gasteiger partial charge in [-0.3, -0.25) is 4.90 Å². The number of likely N-dealkylation sites (tertiary alicyclic amines) is 1. The minimum absolute atomic E-state index is 0.197. The van der Waals surface area contributed by atoms with Crippen molar-refractivity contribution in [2.24, 2.45) is 0 Å². The third kappa shape index (κ3) is 4.35. The van der Waals surface area contributed by atoms with E-state index < -0.39 is 0 Å². The molecule has 0 atom stereocenters. The largest absolute Gasteiger partial charge is 0.493 e. The lowest BCUT2D eigenvalue weighted by molar-refractivity contribution is 0.130. The molecular weight excluding hydrogens is 346 g/mol. The van der Waals surface area contributed by atoms with Crippen LogP contribution in [0.15, 0.2) is 48.5 Å². The van der Waals surface area contributed by atoms with Gasteiger partial charge in [-0.1, -0.05) is 62.6 Å². The van der Waals surface area contributed by atoms with Crippen molar-refractivity contribution >= 4 is 0 Å². The van der Waals surface area contributed by atoms with Crippen molar-refractivity contribution in [2.45, 2.75) is 57.4 Å². The van der Waals surface area contributed by atoms with Gasteiger partial charge < -0.3 is 9.47 Å². The molecule has 0 saturated carbocycles. The van der Waals surface area contributed by atoms with Gasteiger partial charge in [0.15, 0.2) is 0 Å². The van der Waals surface area contributed by atoms with Crippen molar-refractivity contribution in [2.75, 3.05) is 26.3 Å². The Hall–Kier alpha value is -2.00. The molecule has 0 N–H and O–H groups in total. The average Bonchev–Trinajstić information content (AvgIpc) is 3.08. The Balaban J connectivity index is 1.33. The summed E-state index contributed by atoms with van der Waals surface area (Å²) in [6, 6.07) is 17.3.